The van der Waals surface area contributed by atoms with Crippen LogP contribution in [0, 0.1) is 5.92 Å². The van der Waals surface area contributed by atoms with Gasteiger partial charge in [0, 0.05) is 35.0 Å². The Morgan fingerprint density at radius 1 is 1.16 bits per heavy atom. The first kappa shape index (κ1) is 22.1. The minimum absolute atomic E-state index is 0.0356. The van der Waals surface area contributed by atoms with Crippen LogP contribution >= 0.6 is 23.5 Å². The molecule has 4 rings (SSSR count). The summed E-state index contributed by atoms with van der Waals surface area (Å²) < 4.78 is 0. The molecule has 1 aliphatic carbocycles. The highest BCUT2D eigenvalue weighted by Gasteiger charge is 2.40. The van der Waals surface area contributed by atoms with Crippen LogP contribution in [0.1, 0.15) is 57.9 Å². The number of rotatable bonds is 6. The van der Waals surface area contributed by atoms with Crippen LogP contribution in [-0.2, 0) is 9.59 Å². The van der Waals surface area contributed by atoms with E-state index in [9.17, 15) is 9.59 Å². The average Bonchev–Trinajstić information content (AvgIpc) is 3.11. The Labute approximate surface area is 191 Å². The van der Waals surface area contributed by atoms with Crippen LogP contribution in [-0.4, -0.2) is 32.3 Å². The molecule has 164 valence electrons. The molecule has 2 aliphatic rings. The van der Waals surface area contributed by atoms with Crippen molar-refractivity contribution in [2.24, 2.45) is 5.92 Å². The monoisotopic (exact) mass is 456 g/mol. The van der Waals surface area contributed by atoms with Gasteiger partial charge in [-0.3, -0.25) is 9.59 Å². The molecule has 6 nitrogen and oxygen atoms in total. The van der Waals surface area contributed by atoms with Crippen molar-refractivity contribution < 1.29 is 9.59 Å². The Bertz CT molecular complexity index is 967. The highest BCUT2D eigenvalue weighted by atomic mass is 32.2. The number of benzene rings is 1. The highest BCUT2D eigenvalue weighted by molar-refractivity contribution is 8.01. The molecule has 2 aromatic rings. The predicted octanol–water partition coefficient (Wildman–Crippen LogP) is 5.32. The minimum atomic E-state index is -0.236. The lowest BCUT2D eigenvalue weighted by atomic mass is 9.80. The molecule has 4 unspecified atom stereocenters. The lowest BCUT2D eigenvalue weighted by Gasteiger charge is -2.29. The van der Waals surface area contributed by atoms with Gasteiger partial charge >= 0.3 is 0 Å². The van der Waals surface area contributed by atoms with Gasteiger partial charge in [0.2, 0.25) is 11.8 Å². The number of fused-ring (bicyclic) bond motifs is 3. The quantitative estimate of drug-likeness (QED) is 0.452. The van der Waals surface area contributed by atoms with Gasteiger partial charge in [0.1, 0.15) is 16.4 Å². The van der Waals surface area contributed by atoms with Crippen LogP contribution in [0.15, 0.2) is 40.6 Å². The lowest BCUT2D eigenvalue weighted by Crippen LogP contribution is -2.25. The van der Waals surface area contributed by atoms with E-state index in [0.29, 0.717) is 29.0 Å². The molecule has 8 heteroatoms. The van der Waals surface area contributed by atoms with Crippen molar-refractivity contribution in [2.45, 2.75) is 72.9 Å². The van der Waals surface area contributed by atoms with Crippen LogP contribution in [0.3, 0.4) is 0 Å². The van der Waals surface area contributed by atoms with E-state index in [-0.39, 0.29) is 17.1 Å². The number of thioether (sulfide) groups is 2. The number of nitrogens with one attached hydrogen (secondary N) is 2. The Kier molecular flexibility index (Phi) is 6.86. The Balaban J connectivity index is 1.46. The van der Waals surface area contributed by atoms with E-state index < -0.39 is 0 Å². The van der Waals surface area contributed by atoms with E-state index in [1.54, 1.807) is 42.4 Å². The second-order valence-electron chi connectivity index (χ2n) is 8.34. The Morgan fingerprint density at radius 3 is 2.55 bits per heavy atom. The van der Waals surface area contributed by atoms with Crippen LogP contribution in [0.4, 0.5) is 11.4 Å². The Hall–Kier alpha value is -2.06. The molecule has 1 aliphatic heterocycles. The second kappa shape index (κ2) is 9.61. The summed E-state index contributed by atoms with van der Waals surface area (Å²) in [6, 6.07) is 7.16. The van der Waals surface area contributed by atoms with Crippen LogP contribution in [0.25, 0.3) is 0 Å². The molecule has 0 bridgehead atoms. The number of carbonyl (C=O) groups is 2. The van der Waals surface area contributed by atoms with Crippen LogP contribution in [0.5, 0.6) is 0 Å². The maximum atomic E-state index is 13.0. The standard InChI is InChI=1S/C23H28N4O2S2/c1-4-18(21(29)27-16-8-6-15(7-9-16)26-14(3)28)30-22-20-17-10-5-13(2)11-19(17)31-23(20)25-12-24-22/h6-9,12-13,17-19H,4-5,10-11H2,1-3H3,(H,26,28)(H,27,29). The molecule has 1 saturated carbocycles. The van der Waals surface area contributed by atoms with Crippen molar-refractivity contribution in [1.82, 2.24) is 9.97 Å². The van der Waals surface area contributed by atoms with Gasteiger partial charge in [-0.2, -0.15) is 0 Å². The summed E-state index contributed by atoms with van der Waals surface area (Å²) in [6.45, 7) is 5.83. The molecule has 0 spiro atoms. The minimum Gasteiger partial charge on any atom is -0.326 e. The van der Waals surface area contributed by atoms with Gasteiger partial charge in [0.15, 0.2) is 0 Å². The topological polar surface area (TPSA) is 84.0 Å². The zero-order chi connectivity index (χ0) is 22.0. The number of aromatic nitrogens is 2. The summed E-state index contributed by atoms with van der Waals surface area (Å²) in [5, 5.41) is 8.15. The van der Waals surface area contributed by atoms with E-state index in [0.717, 1.165) is 16.0 Å². The third-order valence-corrected chi connectivity index (χ3v) is 8.64. The summed E-state index contributed by atoms with van der Waals surface area (Å²) >= 11 is 3.45. The van der Waals surface area contributed by atoms with Gasteiger partial charge in [-0.15, -0.1) is 11.8 Å². The summed E-state index contributed by atoms with van der Waals surface area (Å²) in [6.07, 6.45) is 5.99. The van der Waals surface area contributed by atoms with Crippen molar-refractivity contribution >= 4 is 46.7 Å². The van der Waals surface area contributed by atoms with E-state index >= 15 is 0 Å². The van der Waals surface area contributed by atoms with Crippen molar-refractivity contribution in [3.63, 3.8) is 0 Å². The van der Waals surface area contributed by atoms with Gasteiger partial charge in [-0.05, 0) is 49.4 Å². The zero-order valence-electron chi connectivity index (χ0n) is 18.1. The van der Waals surface area contributed by atoms with Crippen molar-refractivity contribution in [1.29, 1.82) is 0 Å². The van der Waals surface area contributed by atoms with E-state index in [1.807, 2.05) is 18.7 Å². The number of carbonyl (C=O) groups excluding carboxylic acids is 2. The van der Waals surface area contributed by atoms with Crippen molar-refractivity contribution in [3.8, 4) is 0 Å². The van der Waals surface area contributed by atoms with Crippen LogP contribution < -0.4 is 10.6 Å². The first-order chi connectivity index (χ1) is 14.9. The van der Waals surface area contributed by atoms with Crippen LogP contribution in [0.2, 0.25) is 0 Å². The number of nitrogens with zero attached hydrogens (tertiary/aromatic N) is 2. The summed E-state index contributed by atoms with van der Waals surface area (Å²) in [5.74, 6) is 1.11. The molecule has 1 fully saturated rings. The fraction of sp³-hybridized carbons (Fsp3) is 0.478. The van der Waals surface area contributed by atoms with E-state index in [4.69, 9.17) is 0 Å². The molecule has 1 aromatic carbocycles. The summed E-state index contributed by atoms with van der Waals surface area (Å²) in [5.41, 5.74) is 2.68. The Morgan fingerprint density at radius 2 is 1.87 bits per heavy atom. The molecule has 31 heavy (non-hydrogen) atoms. The molecule has 2 amide bonds. The van der Waals surface area contributed by atoms with Gasteiger partial charge < -0.3 is 10.6 Å². The predicted molar refractivity (Wildman–Crippen MR) is 127 cm³/mol. The fourth-order valence-corrected chi connectivity index (χ4v) is 7.10. The van der Waals surface area contributed by atoms with E-state index in [2.05, 4.69) is 27.5 Å². The smallest absolute Gasteiger partial charge is 0.237 e. The first-order valence-corrected chi connectivity index (χ1v) is 12.6. The number of hydrogen-bond acceptors (Lipinski definition) is 6. The van der Waals surface area contributed by atoms with Crippen molar-refractivity contribution in [3.05, 3.63) is 36.2 Å². The molecular formula is C23H28N4O2S2. The summed E-state index contributed by atoms with van der Waals surface area (Å²) in [7, 11) is 0. The third-order valence-electron chi connectivity index (χ3n) is 5.89. The van der Waals surface area contributed by atoms with E-state index in [1.165, 1.54) is 31.7 Å². The average molecular weight is 457 g/mol. The zero-order valence-corrected chi connectivity index (χ0v) is 19.7. The molecule has 2 heterocycles. The largest absolute Gasteiger partial charge is 0.326 e. The number of anilines is 2. The summed E-state index contributed by atoms with van der Waals surface area (Å²) in [4.78, 5) is 33.3. The SMILES string of the molecule is CCC(Sc1ncnc2c1C1CCC(C)CC1S2)C(=O)Nc1ccc(NC(C)=O)cc1. The molecule has 0 saturated heterocycles. The van der Waals surface area contributed by atoms with Gasteiger partial charge in [-0.25, -0.2) is 9.97 Å². The third kappa shape index (κ3) is 5.06. The highest BCUT2D eigenvalue weighted by Crippen LogP contribution is 2.54. The fourth-order valence-electron chi connectivity index (χ4n) is 4.32. The molecule has 1 aromatic heterocycles. The maximum Gasteiger partial charge on any atom is 0.237 e. The second-order valence-corrected chi connectivity index (χ2v) is 10.8. The molecular weight excluding hydrogens is 428 g/mol. The maximum absolute atomic E-state index is 13.0. The molecule has 0 radical (unpaired) electrons. The molecule has 2 N–H and O–H groups in total. The normalized spacial score (nSPS) is 22.9. The van der Waals surface area contributed by atoms with Gasteiger partial charge in [0.05, 0.1) is 5.25 Å². The first-order valence-electron chi connectivity index (χ1n) is 10.8. The van der Waals surface area contributed by atoms with Gasteiger partial charge in [-0.1, -0.05) is 32.0 Å². The molecule has 4 atom stereocenters. The van der Waals surface area contributed by atoms with Gasteiger partial charge in [0.25, 0.3) is 0 Å². The number of amides is 2. The lowest BCUT2D eigenvalue weighted by molar-refractivity contribution is -0.116. The van der Waals surface area contributed by atoms with Crippen molar-refractivity contribution in [2.75, 3.05) is 10.6 Å². The number of hydrogen-bond donors (Lipinski definition) is 2.